The van der Waals surface area contributed by atoms with Gasteiger partial charge in [-0.15, -0.1) is 0 Å². The van der Waals surface area contributed by atoms with E-state index in [1.807, 2.05) is 30.3 Å². The van der Waals surface area contributed by atoms with Crippen molar-refractivity contribution in [3.05, 3.63) is 69.9 Å². The van der Waals surface area contributed by atoms with E-state index in [2.05, 4.69) is 20.7 Å². The Morgan fingerprint density at radius 2 is 2.04 bits per heavy atom. The van der Waals surface area contributed by atoms with Crippen LogP contribution in [0.1, 0.15) is 16.1 Å². The molecule has 0 aliphatic heterocycles. The van der Waals surface area contributed by atoms with E-state index in [9.17, 15) is 20.0 Å². The standard InChI is InChI=1S/C18H15N5O5/c1-28-16-8-13(23(26)27)7-12(17(16)24)10-19-22-18(25)15-9-14(20-21-15)11-5-3-2-4-6-11/h2-10,24H,1H3,(H,20,21)(H,22,25)/p-1/b19-10-. The topological polar surface area (TPSA) is 146 Å². The van der Waals surface area contributed by atoms with Crippen LogP contribution in [0.4, 0.5) is 5.69 Å². The van der Waals surface area contributed by atoms with Gasteiger partial charge in [0.1, 0.15) is 11.4 Å². The van der Waals surface area contributed by atoms with E-state index in [0.29, 0.717) is 5.69 Å². The first-order valence-corrected chi connectivity index (χ1v) is 7.97. The minimum absolute atomic E-state index is 0.0964. The number of nitro benzene ring substituents is 1. The summed E-state index contributed by atoms with van der Waals surface area (Å²) in [7, 11) is 1.23. The van der Waals surface area contributed by atoms with Crippen LogP contribution in [0.25, 0.3) is 11.3 Å². The highest BCUT2D eigenvalue weighted by Crippen LogP contribution is 2.31. The second-order valence-corrected chi connectivity index (χ2v) is 5.56. The second kappa shape index (κ2) is 7.99. The van der Waals surface area contributed by atoms with Crippen LogP contribution in [-0.2, 0) is 0 Å². The number of H-pyrrole nitrogens is 1. The first-order chi connectivity index (χ1) is 13.5. The number of methoxy groups -OCH3 is 1. The van der Waals surface area contributed by atoms with Crippen molar-refractivity contribution in [3.8, 4) is 22.8 Å². The van der Waals surface area contributed by atoms with Gasteiger partial charge in [0.25, 0.3) is 11.6 Å². The van der Waals surface area contributed by atoms with Crippen LogP contribution in [-0.4, -0.2) is 34.4 Å². The fourth-order valence-corrected chi connectivity index (χ4v) is 2.38. The molecule has 0 unspecified atom stereocenters. The molecule has 1 heterocycles. The van der Waals surface area contributed by atoms with Gasteiger partial charge in [0, 0.05) is 11.6 Å². The number of nitro groups is 1. The number of aromatic amines is 1. The molecule has 0 radical (unpaired) electrons. The molecule has 28 heavy (non-hydrogen) atoms. The van der Waals surface area contributed by atoms with Crippen molar-refractivity contribution in [3.63, 3.8) is 0 Å². The smallest absolute Gasteiger partial charge is 0.289 e. The monoisotopic (exact) mass is 380 g/mol. The summed E-state index contributed by atoms with van der Waals surface area (Å²) >= 11 is 0. The van der Waals surface area contributed by atoms with Crippen molar-refractivity contribution in [2.24, 2.45) is 5.10 Å². The molecule has 142 valence electrons. The number of nitrogens with zero attached hydrogens (tertiary/aromatic N) is 3. The lowest BCUT2D eigenvalue weighted by atomic mass is 10.1. The highest BCUT2D eigenvalue weighted by atomic mass is 16.6. The number of hydrogen-bond donors (Lipinski definition) is 2. The molecular weight excluding hydrogens is 366 g/mol. The number of rotatable bonds is 6. The Kier molecular flexibility index (Phi) is 5.30. The molecule has 1 amide bonds. The molecule has 0 saturated carbocycles. The molecule has 0 atom stereocenters. The third-order valence-electron chi connectivity index (χ3n) is 3.76. The third-order valence-corrected chi connectivity index (χ3v) is 3.76. The molecule has 1 aromatic heterocycles. The van der Waals surface area contributed by atoms with Crippen LogP contribution < -0.4 is 15.3 Å². The lowest BCUT2D eigenvalue weighted by Crippen LogP contribution is -2.18. The van der Waals surface area contributed by atoms with E-state index in [0.717, 1.165) is 23.9 Å². The summed E-state index contributed by atoms with van der Waals surface area (Å²) in [6, 6.07) is 12.9. The van der Waals surface area contributed by atoms with Crippen LogP contribution in [0.2, 0.25) is 0 Å². The lowest BCUT2D eigenvalue weighted by Gasteiger charge is -2.14. The zero-order valence-corrected chi connectivity index (χ0v) is 14.6. The third kappa shape index (κ3) is 3.96. The molecule has 10 nitrogen and oxygen atoms in total. The summed E-state index contributed by atoms with van der Waals surface area (Å²) in [5.74, 6) is -1.36. The number of hydrogen-bond acceptors (Lipinski definition) is 7. The number of benzene rings is 2. The average Bonchev–Trinajstić information content (AvgIpc) is 3.20. The Labute approximate surface area is 158 Å². The molecule has 0 saturated heterocycles. The van der Waals surface area contributed by atoms with Gasteiger partial charge in [-0.1, -0.05) is 36.1 Å². The van der Waals surface area contributed by atoms with E-state index < -0.39 is 16.6 Å². The average molecular weight is 380 g/mol. The first kappa shape index (κ1) is 18.6. The Morgan fingerprint density at radius 1 is 1.29 bits per heavy atom. The van der Waals surface area contributed by atoms with Crippen LogP contribution >= 0.6 is 0 Å². The zero-order valence-electron chi connectivity index (χ0n) is 14.6. The van der Waals surface area contributed by atoms with Crippen molar-refractivity contribution in [1.29, 1.82) is 0 Å². The minimum Gasteiger partial charge on any atom is -0.870 e. The maximum atomic E-state index is 12.2. The van der Waals surface area contributed by atoms with Crippen LogP contribution in [0.3, 0.4) is 0 Å². The van der Waals surface area contributed by atoms with Crippen LogP contribution in [0, 0.1) is 10.1 Å². The molecular formula is C18H14N5O5-. The van der Waals surface area contributed by atoms with Crippen molar-refractivity contribution in [1.82, 2.24) is 15.6 Å². The van der Waals surface area contributed by atoms with E-state index >= 15 is 0 Å². The van der Waals surface area contributed by atoms with Gasteiger partial charge < -0.3 is 9.84 Å². The highest BCUT2D eigenvalue weighted by molar-refractivity contribution is 5.94. The van der Waals surface area contributed by atoms with E-state index in [4.69, 9.17) is 4.74 Å². The zero-order chi connectivity index (χ0) is 20.1. The van der Waals surface area contributed by atoms with E-state index in [-0.39, 0.29) is 22.7 Å². The van der Waals surface area contributed by atoms with E-state index in [1.54, 1.807) is 6.07 Å². The number of carbonyl (C=O) groups is 1. The molecule has 0 bridgehead atoms. The fraction of sp³-hybridized carbons (Fsp3) is 0.0556. The lowest BCUT2D eigenvalue weighted by molar-refractivity contribution is -0.385. The van der Waals surface area contributed by atoms with Crippen molar-refractivity contribution >= 4 is 17.8 Å². The predicted molar refractivity (Wildman–Crippen MR) is 98.2 cm³/mol. The summed E-state index contributed by atoms with van der Waals surface area (Å²) in [6.45, 7) is 0. The molecule has 0 aliphatic rings. The SMILES string of the molecule is COc1cc([N+](=O)[O-])cc(/C=N\NC(=O)c2cc(-c3ccccc3)n[nH]2)c1[O-]. The molecule has 2 aromatic carbocycles. The van der Waals surface area contributed by atoms with Gasteiger partial charge in [0.05, 0.1) is 30.0 Å². The first-order valence-electron chi connectivity index (χ1n) is 7.97. The van der Waals surface area contributed by atoms with Gasteiger partial charge in [0.15, 0.2) is 0 Å². The number of carbonyl (C=O) groups excluding carboxylic acids is 1. The molecule has 2 N–H and O–H groups in total. The quantitative estimate of drug-likeness (QED) is 0.379. The molecule has 3 rings (SSSR count). The Balaban J connectivity index is 1.75. The fourth-order valence-electron chi connectivity index (χ4n) is 2.38. The maximum Gasteiger partial charge on any atom is 0.289 e. The van der Waals surface area contributed by atoms with Gasteiger partial charge in [-0.05, 0) is 11.6 Å². The van der Waals surface area contributed by atoms with Gasteiger partial charge >= 0.3 is 0 Å². The number of amides is 1. The molecule has 10 heteroatoms. The van der Waals surface area contributed by atoms with Gasteiger partial charge in [-0.25, -0.2) is 5.43 Å². The van der Waals surface area contributed by atoms with E-state index in [1.165, 1.54) is 7.11 Å². The Morgan fingerprint density at radius 3 is 2.71 bits per heavy atom. The molecule has 0 fully saturated rings. The predicted octanol–water partition coefficient (Wildman–Crippen LogP) is 1.83. The van der Waals surface area contributed by atoms with Crippen LogP contribution in [0.15, 0.2) is 53.6 Å². The summed E-state index contributed by atoms with van der Waals surface area (Å²) in [6.07, 6.45) is 1.02. The number of hydrazone groups is 1. The summed E-state index contributed by atoms with van der Waals surface area (Å²) in [4.78, 5) is 22.4. The van der Waals surface area contributed by atoms with Crippen molar-refractivity contribution in [2.45, 2.75) is 0 Å². The molecule has 0 spiro atoms. The largest absolute Gasteiger partial charge is 0.870 e. The number of non-ortho nitro benzene ring substituents is 1. The van der Waals surface area contributed by atoms with Crippen molar-refractivity contribution < 1.29 is 19.6 Å². The maximum absolute atomic E-state index is 12.2. The molecule has 3 aromatic rings. The Bertz CT molecular complexity index is 1050. The van der Waals surface area contributed by atoms with Gasteiger partial charge in [-0.3, -0.25) is 20.0 Å². The summed E-state index contributed by atoms with van der Waals surface area (Å²) in [5, 5.41) is 33.4. The summed E-state index contributed by atoms with van der Waals surface area (Å²) < 4.78 is 4.84. The minimum atomic E-state index is -0.659. The van der Waals surface area contributed by atoms with Gasteiger partial charge in [0.2, 0.25) is 0 Å². The van der Waals surface area contributed by atoms with Crippen molar-refractivity contribution in [2.75, 3.05) is 7.11 Å². The Hall–Kier alpha value is -4.21. The summed E-state index contributed by atoms with van der Waals surface area (Å²) in [5.41, 5.74) is 3.39. The molecule has 0 aliphatic carbocycles. The normalized spacial score (nSPS) is 10.8. The van der Waals surface area contributed by atoms with Gasteiger partial charge in [-0.2, -0.15) is 10.2 Å². The van der Waals surface area contributed by atoms with Crippen LogP contribution in [0.5, 0.6) is 11.5 Å². The number of nitrogens with one attached hydrogen (secondary N) is 2. The number of aromatic nitrogens is 2. The second-order valence-electron chi connectivity index (χ2n) is 5.56. The highest BCUT2D eigenvalue weighted by Gasteiger charge is 2.12. The number of ether oxygens (including phenoxy) is 1.